The van der Waals surface area contributed by atoms with Crippen molar-refractivity contribution in [2.45, 2.75) is 0 Å². The van der Waals surface area contributed by atoms with Crippen molar-refractivity contribution in [1.29, 1.82) is 5.26 Å². The number of aromatic nitrogens is 2. The van der Waals surface area contributed by atoms with Crippen molar-refractivity contribution >= 4 is 63.0 Å². The molecule has 0 saturated carbocycles. The summed E-state index contributed by atoms with van der Waals surface area (Å²) in [5, 5.41) is 15.1. The minimum Gasteiger partial charge on any atom is -0.228 e. The number of nitriles is 1. The molecule has 5 heteroatoms. The number of nitrogens with zero attached hydrogens (tertiary/aromatic N) is 3. The highest BCUT2D eigenvalue weighted by molar-refractivity contribution is 7.26. The first-order valence-corrected chi connectivity index (χ1v) is 18.8. The van der Waals surface area contributed by atoms with Gasteiger partial charge < -0.3 is 0 Å². The van der Waals surface area contributed by atoms with Crippen molar-refractivity contribution in [2.75, 3.05) is 0 Å². The lowest BCUT2D eigenvalue weighted by molar-refractivity contribution is 1.18. The van der Waals surface area contributed by atoms with Crippen LogP contribution in [0.3, 0.4) is 0 Å². The van der Waals surface area contributed by atoms with Gasteiger partial charge in [-0.25, -0.2) is 9.97 Å². The van der Waals surface area contributed by atoms with E-state index in [1.165, 1.54) is 51.5 Å². The maximum absolute atomic E-state index is 10.1. The third kappa shape index (κ3) is 5.08. The van der Waals surface area contributed by atoms with Crippen molar-refractivity contribution in [3.63, 3.8) is 0 Å². The molecule has 52 heavy (non-hydrogen) atoms. The molecule has 0 fully saturated rings. The van der Waals surface area contributed by atoms with E-state index in [-0.39, 0.29) is 0 Å². The molecule has 0 atom stereocenters. The maximum atomic E-state index is 10.1. The van der Waals surface area contributed by atoms with Crippen molar-refractivity contribution in [1.82, 2.24) is 9.97 Å². The van der Waals surface area contributed by atoms with Gasteiger partial charge in [-0.2, -0.15) is 5.26 Å². The second kappa shape index (κ2) is 12.4. The van der Waals surface area contributed by atoms with Gasteiger partial charge in [-0.05, 0) is 64.7 Å². The standard InChI is InChI=1S/C47H27N3S2/c48-28-30-14-4-5-15-34(30)42-27-41(29-12-2-1-3-13-29)49-47(50-42)33-25-31(35-18-10-20-39-37-16-6-8-22-43(37)51-45(35)39)24-32(26-33)36-19-11-21-40-38-17-7-9-23-44(38)52-46(36)40/h1-27H. The van der Waals surface area contributed by atoms with Gasteiger partial charge in [-0.1, -0.05) is 121 Å². The predicted molar refractivity (Wildman–Crippen MR) is 220 cm³/mol. The Labute approximate surface area is 308 Å². The molecule has 0 amide bonds. The summed E-state index contributed by atoms with van der Waals surface area (Å²) in [5.74, 6) is 0.610. The van der Waals surface area contributed by atoms with Crippen LogP contribution < -0.4 is 0 Å². The number of rotatable bonds is 5. The smallest absolute Gasteiger partial charge is 0.160 e. The van der Waals surface area contributed by atoms with Gasteiger partial charge in [0.15, 0.2) is 5.82 Å². The molecule has 0 aliphatic rings. The van der Waals surface area contributed by atoms with Gasteiger partial charge in [0.1, 0.15) is 0 Å². The molecule has 0 bridgehead atoms. The Hall–Kier alpha value is -6.45. The van der Waals surface area contributed by atoms with Crippen LogP contribution in [0.15, 0.2) is 164 Å². The number of fused-ring (bicyclic) bond motifs is 6. The molecule has 0 N–H and O–H groups in total. The molecule has 0 saturated heterocycles. The number of hydrogen-bond donors (Lipinski definition) is 0. The Morgan fingerprint density at radius 1 is 0.404 bits per heavy atom. The van der Waals surface area contributed by atoms with Crippen LogP contribution in [0.4, 0.5) is 0 Å². The van der Waals surface area contributed by atoms with Crippen LogP contribution in [0.25, 0.3) is 96.5 Å². The molecule has 3 heterocycles. The Bertz CT molecular complexity index is 2910. The summed E-state index contributed by atoms with van der Waals surface area (Å²) >= 11 is 3.67. The van der Waals surface area contributed by atoms with Gasteiger partial charge in [-0.15, -0.1) is 22.7 Å². The van der Waals surface area contributed by atoms with Gasteiger partial charge >= 0.3 is 0 Å². The minimum absolute atomic E-state index is 0.577. The molecule has 10 aromatic rings. The lowest BCUT2D eigenvalue weighted by Gasteiger charge is -2.14. The normalized spacial score (nSPS) is 11.4. The van der Waals surface area contributed by atoms with Crippen molar-refractivity contribution in [3.05, 3.63) is 169 Å². The Kier molecular flexibility index (Phi) is 7.24. The summed E-state index contributed by atoms with van der Waals surface area (Å²) in [5.41, 5.74) is 9.36. The summed E-state index contributed by atoms with van der Waals surface area (Å²) in [7, 11) is 0. The van der Waals surface area contributed by atoms with E-state index >= 15 is 0 Å². The van der Waals surface area contributed by atoms with Crippen molar-refractivity contribution < 1.29 is 0 Å². The van der Waals surface area contributed by atoms with Crippen LogP contribution in [0.5, 0.6) is 0 Å². The van der Waals surface area contributed by atoms with Crippen LogP contribution >= 0.6 is 22.7 Å². The third-order valence-electron chi connectivity index (χ3n) is 9.74. The SMILES string of the molecule is N#Cc1ccccc1-c1cc(-c2ccccc2)nc(-c2cc(-c3cccc4c3sc3ccccc34)cc(-c3cccc4c3sc3ccccc34)c2)n1. The average molecular weight is 698 g/mol. The number of thiophene rings is 2. The fraction of sp³-hybridized carbons (Fsp3) is 0. The van der Waals surface area contributed by atoms with Crippen LogP contribution in [0.1, 0.15) is 5.56 Å². The van der Waals surface area contributed by atoms with Gasteiger partial charge in [-0.3, -0.25) is 0 Å². The van der Waals surface area contributed by atoms with Crippen LogP contribution in [-0.4, -0.2) is 9.97 Å². The first kappa shape index (κ1) is 30.4. The highest BCUT2D eigenvalue weighted by atomic mass is 32.1. The topological polar surface area (TPSA) is 49.6 Å². The molecule has 3 nitrogen and oxygen atoms in total. The van der Waals surface area contributed by atoms with Gasteiger partial charge in [0.2, 0.25) is 0 Å². The fourth-order valence-electron chi connectivity index (χ4n) is 7.29. The molecule has 3 aromatic heterocycles. The number of benzene rings is 7. The summed E-state index contributed by atoms with van der Waals surface area (Å²) in [4.78, 5) is 10.4. The molecule has 0 spiro atoms. The van der Waals surface area contributed by atoms with E-state index in [1.54, 1.807) is 0 Å². The zero-order chi connectivity index (χ0) is 34.6. The second-order valence-corrected chi connectivity index (χ2v) is 14.9. The predicted octanol–water partition coefficient (Wildman–Crippen LogP) is 13.4. The van der Waals surface area contributed by atoms with Gasteiger partial charge in [0.05, 0.1) is 23.0 Å². The van der Waals surface area contributed by atoms with E-state index in [0.717, 1.165) is 33.5 Å². The van der Waals surface area contributed by atoms with Gasteiger partial charge in [0.25, 0.3) is 0 Å². The Balaban J connectivity index is 1.27. The molecule has 0 aliphatic carbocycles. The maximum Gasteiger partial charge on any atom is 0.160 e. The summed E-state index contributed by atoms with van der Waals surface area (Å²) < 4.78 is 5.07. The van der Waals surface area contributed by atoms with E-state index < -0.39 is 0 Å². The molecular weight excluding hydrogens is 671 g/mol. The fourth-order valence-corrected chi connectivity index (χ4v) is 9.77. The molecule has 0 aliphatic heterocycles. The highest BCUT2D eigenvalue weighted by Gasteiger charge is 2.18. The largest absolute Gasteiger partial charge is 0.228 e. The lowest BCUT2D eigenvalue weighted by atomic mass is 9.94. The van der Waals surface area contributed by atoms with E-state index in [2.05, 4.69) is 121 Å². The van der Waals surface area contributed by atoms with Crippen LogP contribution in [-0.2, 0) is 0 Å². The summed E-state index contributed by atoms with van der Waals surface area (Å²) in [6.45, 7) is 0. The molecule has 10 rings (SSSR count). The quantitative estimate of drug-likeness (QED) is 0.180. The van der Waals surface area contributed by atoms with E-state index in [9.17, 15) is 5.26 Å². The second-order valence-electron chi connectivity index (χ2n) is 12.8. The highest BCUT2D eigenvalue weighted by Crippen LogP contribution is 2.44. The van der Waals surface area contributed by atoms with Crippen molar-refractivity contribution in [3.8, 4) is 62.2 Å². The van der Waals surface area contributed by atoms with Gasteiger partial charge in [0, 0.05) is 57.0 Å². The molecule has 7 aromatic carbocycles. The van der Waals surface area contributed by atoms with E-state index in [4.69, 9.17) is 9.97 Å². The third-order valence-corrected chi connectivity index (χ3v) is 12.2. The zero-order valence-electron chi connectivity index (χ0n) is 27.7. The van der Waals surface area contributed by atoms with Crippen molar-refractivity contribution in [2.24, 2.45) is 0 Å². The molecule has 0 unspecified atom stereocenters. The van der Waals surface area contributed by atoms with Crippen LogP contribution in [0, 0.1) is 11.3 Å². The molecule has 0 radical (unpaired) electrons. The first-order valence-electron chi connectivity index (χ1n) is 17.1. The molecule has 242 valence electrons. The lowest BCUT2D eigenvalue weighted by Crippen LogP contribution is -1.98. The zero-order valence-corrected chi connectivity index (χ0v) is 29.4. The van der Waals surface area contributed by atoms with E-state index in [1.807, 2.05) is 71.2 Å². The molecular formula is C47H27N3S2. The minimum atomic E-state index is 0.577. The van der Waals surface area contributed by atoms with Crippen LogP contribution in [0.2, 0.25) is 0 Å². The summed E-state index contributed by atoms with van der Waals surface area (Å²) in [6.07, 6.45) is 0. The number of hydrogen-bond acceptors (Lipinski definition) is 5. The Morgan fingerprint density at radius 2 is 0.904 bits per heavy atom. The average Bonchev–Trinajstić information content (AvgIpc) is 3.79. The first-order chi connectivity index (χ1) is 25.7. The monoisotopic (exact) mass is 697 g/mol. The summed E-state index contributed by atoms with van der Waals surface area (Å²) in [6, 6.07) is 59.6. The Morgan fingerprint density at radius 3 is 1.54 bits per heavy atom. The van der Waals surface area contributed by atoms with E-state index in [0.29, 0.717) is 17.1 Å².